The number of benzene rings is 1. The second-order valence-electron chi connectivity index (χ2n) is 5.66. The third-order valence-corrected chi connectivity index (χ3v) is 5.48. The van der Waals surface area contributed by atoms with Gasteiger partial charge in [0.05, 0.1) is 17.0 Å². The molecule has 0 unspecified atom stereocenters. The number of halogens is 2. The Balaban J connectivity index is 2.24. The van der Waals surface area contributed by atoms with Crippen molar-refractivity contribution in [2.75, 3.05) is 30.2 Å². The van der Waals surface area contributed by atoms with Crippen molar-refractivity contribution in [3.05, 3.63) is 28.2 Å². The lowest BCUT2D eigenvalue weighted by molar-refractivity contribution is -0.129. The molecule has 1 fully saturated rings. The minimum absolute atomic E-state index is 0.201. The highest BCUT2D eigenvalue weighted by Gasteiger charge is 2.26. The van der Waals surface area contributed by atoms with Crippen molar-refractivity contribution < 1.29 is 13.2 Å². The molecule has 1 aromatic rings. The van der Waals surface area contributed by atoms with Crippen LogP contribution in [0.2, 0.25) is 10.0 Å². The Hall–Kier alpha value is -0.980. The Morgan fingerprint density at radius 3 is 2.30 bits per heavy atom. The van der Waals surface area contributed by atoms with E-state index in [0.29, 0.717) is 18.1 Å². The predicted molar refractivity (Wildman–Crippen MR) is 93.7 cm³/mol. The number of hydrogen-bond acceptors (Lipinski definition) is 3. The van der Waals surface area contributed by atoms with E-state index in [1.807, 2.05) is 0 Å². The monoisotopic (exact) mass is 378 g/mol. The Bertz CT molecular complexity index is 671. The molecule has 0 N–H and O–H groups in total. The number of amides is 1. The van der Waals surface area contributed by atoms with Gasteiger partial charge in [-0.3, -0.25) is 9.10 Å². The quantitative estimate of drug-likeness (QED) is 0.808. The summed E-state index contributed by atoms with van der Waals surface area (Å²) >= 11 is 12.0. The highest BCUT2D eigenvalue weighted by molar-refractivity contribution is 7.92. The normalized spacial score (nSPS) is 16.0. The summed E-state index contributed by atoms with van der Waals surface area (Å²) in [6.45, 7) is 1.09. The van der Waals surface area contributed by atoms with Crippen LogP contribution < -0.4 is 4.31 Å². The first kappa shape index (κ1) is 18.4. The average molecular weight is 379 g/mol. The predicted octanol–water partition coefficient (Wildman–Crippen LogP) is 3.16. The van der Waals surface area contributed by atoms with Crippen LogP contribution >= 0.6 is 23.2 Å². The van der Waals surface area contributed by atoms with Gasteiger partial charge in [0.2, 0.25) is 15.9 Å². The van der Waals surface area contributed by atoms with Crippen molar-refractivity contribution in [3.63, 3.8) is 0 Å². The van der Waals surface area contributed by atoms with Crippen LogP contribution in [-0.2, 0) is 14.8 Å². The van der Waals surface area contributed by atoms with Crippen LogP contribution in [-0.4, -0.2) is 45.1 Å². The van der Waals surface area contributed by atoms with Gasteiger partial charge in [-0.25, -0.2) is 8.42 Å². The number of rotatable bonds is 4. The van der Waals surface area contributed by atoms with Crippen LogP contribution in [0.25, 0.3) is 0 Å². The van der Waals surface area contributed by atoms with Crippen LogP contribution in [0.15, 0.2) is 18.2 Å². The number of likely N-dealkylation sites (tertiary alicyclic amines) is 1. The summed E-state index contributed by atoms with van der Waals surface area (Å²) in [5, 5.41) is 0.609. The molecule has 0 bridgehead atoms. The van der Waals surface area contributed by atoms with Gasteiger partial charge in [-0.1, -0.05) is 36.0 Å². The molecule has 0 aliphatic carbocycles. The van der Waals surface area contributed by atoms with Gasteiger partial charge in [0.15, 0.2) is 0 Å². The molecule has 1 aliphatic rings. The Labute approximate surface area is 147 Å². The molecule has 1 amide bonds. The molecular weight excluding hydrogens is 359 g/mol. The molecule has 23 heavy (non-hydrogen) atoms. The maximum absolute atomic E-state index is 12.5. The summed E-state index contributed by atoms with van der Waals surface area (Å²) < 4.78 is 25.3. The van der Waals surface area contributed by atoms with Crippen LogP contribution in [0.3, 0.4) is 0 Å². The summed E-state index contributed by atoms with van der Waals surface area (Å²) in [6.07, 6.45) is 5.16. The molecule has 8 heteroatoms. The van der Waals surface area contributed by atoms with E-state index in [0.717, 1.165) is 36.2 Å². The first-order valence-electron chi connectivity index (χ1n) is 7.49. The van der Waals surface area contributed by atoms with Gasteiger partial charge in [-0.2, -0.15) is 0 Å². The third kappa shape index (κ3) is 4.99. The summed E-state index contributed by atoms with van der Waals surface area (Å²) in [7, 11) is -3.64. The Kier molecular flexibility index (Phi) is 6.17. The smallest absolute Gasteiger partial charge is 0.243 e. The summed E-state index contributed by atoms with van der Waals surface area (Å²) in [4.78, 5) is 14.2. The molecule has 1 saturated heterocycles. The van der Waals surface area contributed by atoms with E-state index in [4.69, 9.17) is 23.2 Å². The molecule has 0 spiro atoms. The molecule has 0 saturated carbocycles. The fourth-order valence-corrected chi connectivity index (χ4v) is 4.03. The van der Waals surface area contributed by atoms with Crippen molar-refractivity contribution in [1.29, 1.82) is 0 Å². The minimum Gasteiger partial charge on any atom is -0.341 e. The van der Waals surface area contributed by atoms with Crippen molar-refractivity contribution in [1.82, 2.24) is 4.90 Å². The van der Waals surface area contributed by atoms with Gasteiger partial charge in [-0.15, -0.1) is 0 Å². The second kappa shape index (κ2) is 7.73. The Morgan fingerprint density at radius 1 is 1.17 bits per heavy atom. The van der Waals surface area contributed by atoms with Crippen molar-refractivity contribution in [2.45, 2.75) is 25.7 Å². The van der Waals surface area contributed by atoms with Crippen LogP contribution in [0, 0.1) is 0 Å². The molecule has 1 heterocycles. The molecule has 0 aromatic heterocycles. The lowest BCUT2D eigenvalue weighted by Crippen LogP contribution is -2.43. The van der Waals surface area contributed by atoms with Crippen LogP contribution in [0.4, 0.5) is 5.69 Å². The van der Waals surface area contributed by atoms with Crippen molar-refractivity contribution in [3.8, 4) is 0 Å². The fraction of sp³-hybridized carbons (Fsp3) is 0.533. The van der Waals surface area contributed by atoms with Gasteiger partial charge in [0, 0.05) is 18.1 Å². The SMILES string of the molecule is CS(=O)(=O)N(CC(=O)N1CCCCCC1)c1ccc(Cl)cc1Cl. The van der Waals surface area contributed by atoms with Crippen LogP contribution in [0.1, 0.15) is 25.7 Å². The van der Waals surface area contributed by atoms with Crippen LogP contribution in [0.5, 0.6) is 0 Å². The second-order valence-corrected chi connectivity index (χ2v) is 8.41. The van der Waals surface area contributed by atoms with Gasteiger partial charge >= 0.3 is 0 Å². The minimum atomic E-state index is -3.64. The number of sulfonamides is 1. The van der Waals surface area contributed by atoms with Gasteiger partial charge in [-0.05, 0) is 31.0 Å². The zero-order valence-corrected chi connectivity index (χ0v) is 15.3. The number of nitrogens with zero attached hydrogens (tertiary/aromatic N) is 2. The molecule has 0 radical (unpaired) electrons. The third-order valence-electron chi connectivity index (χ3n) is 3.82. The van der Waals surface area contributed by atoms with Crippen molar-refractivity contribution >= 4 is 44.8 Å². The van der Waals surface area contributed by atoms with Gasteiger partial charge in [0.25, 0.3) is 0 Å². The summed E-state index contributed by atoms with van der Waals surface area (Å²) in [6, 6.07) is 4.53. The van der Waals surface area contributed by atoms with Crippen molar-refractivity contribution in [2.24, 2.45) is 0 Å². The highest BCUT2D eigenvalue weighted by atomic mass is 35.5. The summed E-state index contributed by atoms with van der Waals surface area (Å²) in [5.41, 5.74) is 0.265. The lowest BCUT2D eigenvalue weighted by atomic mass is 10.2. The van der Waals surface area contributed by atoms with E-state index in [-0.39, 0.29) is 23.2 Å². The lowest BCUT2D eigenvalue weighted by Gasteiger charge is -2.27. The number of anilines is 1. The maximum atomic E-state index is 12.5. The molecule has 1 aliphatic heterocycles. The van der Waals surface area contributed by atoms with E-state index in [1.165, 1.54) is 12.1 Å². The standard InChI is InChI=1S/C15H20Cl2N2O3S/c1-23(21,22)19(14-7-6-12(16)10-13(14)17)11-15(20)18-8-4-2-3-5-9-18/h6-7,10H,2-5,8-9,11H2,1H3. The molecular formula is C15H20Cl2N2O3S. The van der Waals surface area contributed by atoms with E-state index in [9.17, 15) is 13.2 Å². The van der Waals surface area contributed by atoms with E-state index in [2.05, 4.69) is 0 Å². The zero-order valence-electron chi connectivity index (χ0n) is 13.0. The molecule has 1 aromatic carbocycles. The zero-order chi connectivity index (χ0) is 17.0. The number of carbonyl (C=O) groups is 1. The fourth-order valence-electron chi connectivity index (χ4n) is 2.61. The largest absolute Gasteiger partial charge is 0.341 e. The molecule has 0 atom stereocenters. The highest BCUT2D eigenvalue weighted by Crippen LogP contribution is 2.30. The van der Waals surface area contributed by atoms with E-state index in [1.54, 1.807) is 11.0 Å². The molecule has 2 rings (SSSR count). The Morgan fingerprint density at radius 2 is 1.78 bits per heavy atom. The maximum Gasteiger partial charge on any atom is 0.243 e. The average Bonchev–Trinajstić information content (AvgIpc) is 2.73. The first-order chi connectivity index (χ1) is 10.8. The molecule has 5 nitrogen and oxygen atoms in total. The van der Waals surface area contributed by atoms with Gasteiger partial charge < -0.3 is 4.90 Å². The molecule has 128 valence electrons. The number of carbonyl (C=O) groups excluding carboxylic acids is 1. The number of hydrogen-bond donors (Lipinski definition) is 0. The summed E-state index contributed by atoms with van der Waals surface area (Å²) in [5.74, 6) is -0.205. The first-order valence-corrected chi connectivity index (χ1v) is 10.1. The van der Waals surface area contributed by atoms with E-state index < -0.39 is 10.0 Å². The topological polar surface area (TPSA) is 57.7 Å². The van der Waals surface area contributed by atoms with Gasteiger partial charge in [0.1, 0.15) is 6.54 Å². The van der Waals surface area contributed by atoms with E-state index >= 15 is 0 Å².